The first kappa shape index (κ1) is 56.3. The van der Waals surface area contributed by atoms with Crippen molar-refractivity contribution in [1.82, 2.24) is 0 Å². The third-order valence-electron chi connectivity index (χ3n) is 11.0. The molecule has 0 spiro atoms. The van der Waals surface area contributed by atoms with Crippen molar-refractivity contribution in [2.75, 3.05) is 0 Å². The molecule has 0 saturated carbocycles. The molecule has 0 radical (unpaired) electrons. The second kappa shape index (κ2) is 33.0. The summed E-state index contributed by atoms with van der Waals surface area (Å²) >= 11 is 0. The molecule has 5 heteroatoms. The maximum atomic E-state index is 11.6. The van der Waals surface area contributed by atoms with E-state index in [1.165, 1.54) is 31.8 Å². The van der Waals surface area contributed by atoms with Crippen LogP contribution in [0.3, 0.4) is 0 Å². The molecule has 370 valence electrons. The van der Waals surface area contributed by atoms with Crippen molar-refractivity contribution in [1.29, 1.82) is 0 Å². The van der Waals surface area contributed by atoms with Crippen molar-refractivity contribution >= 4 is 83.5 Å². The maximum absolute atomic E-state index is 11.6. The van der Waals surface area contributed by atoms with Crippen LogP contribution in [0.5, 0.6) is 0 Å². The van der Waals surface area contributed by atoms with Gasteiger partial charge in [-0.3, -0.25) is 9.59 Å². The molecule has 0 aromatic heterocycles. The largest absolute Gasteiger partial charge is 0.290 e. The summed E-state index contributed by atoms with van der Waals surface area (Å²) in [6, 6.07) is 104. The van der Waals surface area contributed by atoms with E-state index in [1.54, 1.807) is 24.3 Å². The van der Waals surface area contributed by atoms with Gasteiger partial charge in [-0.05, 0) is 94.2 Å². The number of benzene rings is 10. The standard InChI is InChI=1S/2C18H15P.2C17H14O.Pd/c2*1-4-10-16(11-5-1)19(17-12-6-2-7-13-17)18-14-8-3-9-15-18;2*18-17(13-11-15-7-3-1-4-8-15)14-12-16-9-5-2-6-10-16;/h2*1-15H;2*1-14H;/b;;2*13-11+,14-12+;. The predicted octanol–water partition coefficient (Wildman–Crippen LogP) is 14.9. The van der Waals surface area contributed by atoms with Gasteiger partial charge in [0.25, 0.3) is 0 Å². The van der Waals surface area contributed by atoms with E-state index < -0.39 is 15.8 Å². The zero-order valence-corrected chi connectivity index (χ0v) is 44.9. The molecular weight excluding hydrogens is 1040 g/mol. The van der Waals surface area contributed by atoms with Crippen LogP contribution in [0.15, 0.2) is 328 Å². The second-order valence-corrected chi connectivity index (χ2v) is 20.9. The number of ketones is 2. The molecule has 0 fully saturated rings. The number of allylic oxidation sites excluding steroid dienone is 4. The number of hydrogen-bond donors (Lipinski definition) is 0. The third kappa shape index (κ3) is 20.1. The summed E-state index contributed by atoms with van der Waals surface area (Å²) < 4.78 is 0. The molecule has 10 aromatic carbocycles. The zero-order valence-electron chi connectivity index (χ0n) is 41.5. The summed E-state index contributed by atoms with van der Waals surface area (Å²) in [5.41, 5.74) is 4.11. The average molecular weight is 1100 g/mol. The van der Waals surface area contributed by atoms with E-state index in [2.05, 4.69) is 182 Å². The van der Waals surface area contributed by atoms with E-state index in [0.29, 0.717) is 0 Å². The number of carbonyl (C=O) groups is 2. The van der Waals surface area contributed by atoms with E-state index in [1.807, 2.05) is 146 Å². The Hall–Kier alpha value is -7.98. The van der Waals surface area contributed by atoms with E-state index in [9.17, 15) is 9.59 Å². The molecule has 0 amide bonds. The first-order valence-corrected chi connectivity index (χ1v) is 27.2. The Morgan fingerprint density at radius 2 is 0.347 bits per heavy atom. The molecule has 0 aliphatic rings. The molecular formula is C70H58O2P2Pd. The van der Waals surface area contributed by atoms with Crippen LogP contribution in [-0.2, 0) is 30.0 Å². The molecule has 10 aromatic rings. The molecule has 0 atom stereocenters. The molecule has 75 heavy (non-hydrogen) atoms. The maximum Gasteiger partial charge on any atom is 0.178 e. The predicted molar refractivity (Wildman–Crippen MR) is 322 cm³/mol. The van der Waals surface area contributed by atoms with Gasteiger partial charge in [0, 0.05) is 20.4 Å². The summed E-state index contributed by atoms with van der Waals surface area (Å²) in [6.45, 7) is 0. The molecule has 2 nitrogen and oxygen atoms in total. The van der Waals surface area contributed by atoms with Gasteiger partial charge < -0.3 is 0 Å². The van der Waals surface area contributed by atoms with E-state index in [-0.39, 0.29) is 32.0 Å². The van der Waals surface area contributed by atoms with Crippen molar-refractivity contribution in [2.24, 2.45) is 0 Å². The van der Waals surface area contributed by atoms with Crippen LogP contribution < -0.4 is 31.8 Å². The Morgan fingerprint density at radius 3 is 0.493 bits per heavy atom. The van der Waals surface area contributed by atoms with Crippen molar-refractivity contribution in [2.45, 2.75) is 0 Å². The summed E-state index contributed by atoms with van der Waals surface area (Å²) in [5.74, 6) is -0.0228. The Morgan fingerprint density at radius 1 is 0.213 bits per heavy atom. The first-order chi connectivity index (χ1) is 36.6. The topological polar surface area (TPSA) is 34.1 Å². The summed E-state index contributed by atoms with van der Waals surface area (Å²) in [6.07, 6.45) is 13.6. The van der Waals surface area contributed by atoms with Crippen molar-refractivity contribution < 1.29 is 30.0 Å². The number of carbonyl (C=O) groups excluding carboxylic acids is 2. The van der Waals surface area contributed by atoms with Crippen LogP contribution in [-0.4, -0.2) is 11.6 Å². The van der Waals surface area contributed by atoms with E-state index in [0.717, 1.165) is 22.3 Å². The van der Waals surface area contributed by atoms with Gasteiger partial charge in [0.05, 0.1) is 0 Å². The van der Waals surface area contributed by atoms with E-state index in [4.69, 9.17) is 0 Å². The normalized spacial score (nSPS) is 10.7. The fourth-order valence-electron chi connectivity index (χ4n) is 7.44. The Bertz CT molecular complexity index is 2730. The minimum Gasteiger partial charge on any atom is -0.290 e. The minimum absolute atomic E-state index is 0. The van der Waals surface area contributed by atoms with Crippen LogP contribution in [0, 0.1) is 0 Å². The molecule has 10 rings (SSSR count). The van der Waals surface area contributed by atoms with Gasteiger partial charge in [-0.1, -0.05) is 328 Å². The molecule has 0 aliphatic carbocycles. The quantitative estimate of drug-likeness (QED) is 0.0618. The van der Waals surface area contributed by atoms with Gasteiger partial charge in [-0.15, -0.1) is 0 Å². The SMILES string of the molecule is O=C(/C=C/c1ccccc1)/C=C/c1ccccc1.O=C(/C=C/c1ccccc1)/C=C/c1ccccc1.[Pd].c1ccc(P(c2ccccc2)c2ccccc2)cc1.c1ccc(P(c2ccccc2)c2ccccc2)cc1. The van der Waals surface area contributed by atoms with Crippen LogP contribution in [0.25, 0.3) is 24.3 Å². The van der Waals surface area contributed by atoms with Crippen molar-refractivity contribution in [3.63, 3.8) is 0 Å². The van der Waals surface area contributed by atoms with Gasteiger partial charge >= 0.3 is 0 Å². The summed E-state index contributed by atoms with van der Waals surface area (Å²) in [5, 5.41) is 8.39. The molecule has 0 aliphatic heterocycles. The van der Waals surface area contributed by atoms with Crippen molar-refractivity contribution in [3.05, 3.63) is 350 Å². The number of hydrogen-bond acceptors (Lipinski definition) is 2. The third-order valence-corrected chi connectivity index (χ3v) is 15.9. The van der Waals surface area contributed by atoms with E-state index >= 15 is 0 Å². The van der Waals surface area contributed by atoms with Gasteiger partial charge in [0.1, 0.15) is 0 Å². The van der Waals surface area contributed by atoms with Gasteiger partial charge in [0.15, 0.2) is 11.6 Å². The van der Waals surface area contributed by atoms with Crippen molar-refractivity contribution in [3.8, 4) is 0 Å². The summed E-state index contributed by atoms with van der Waals surface area (Å²) in [4.78, 5) is 23.2. The van der Waals surface area contributed by atoms with Gasteiger partial charge in [0.2, 0.25) is 0 Å². The molecule has 0 saturated heterocycles. The van der Waals surface area contributed by atoms with Gasteiger partial charge in [-0.25, -0.2) is 0 Å². The minimum atomic E-state index is -0.446. The first-order valence-electron chi connectivity index (χ1n) is 24.5. The smallest absolute Gasteiger partial charge is 0.178 e. The zero-order chi connectivity index (χ0) is 51.1. The Labute approximate surface area is 460 Å². The Kier molecular flexibility index (Phi) is 24.8. The van der Waals surface area contributed by atoms with Gasteiger partial charge in [-0.2, -0.15) is 0 Å². The summed E-state index contributed by atoms with van der Waals surface area (Å²) in [7, 11) is -0.892. The molecule has 0 bridgehead atoms. The molecule has 0 N–H and O–H groups in total. The number of rotatable bonds is 14. The van der Waals surface area contributed by atoms with Crippen LogP contribution in [0.2, 0.25) is 0 Å². The molecule has 0 heterocycles. The van der Waals surface area contributed by atoms with Crippen LogP contribution >= 0.6 is 15.8 Å². The fourth-order valence-corrected chi connectivity index (χ4v) is 12.0. The molecule has 0 unspecified atom stereocenters. The second-order valence-electron chi connectivity index (χ2n) is 16.5. The van der Waals surface area contributed by atoms with Crippen LogP contribution in [0.1, 0.15) is 22.3 Å². The van der Waals surface area contributed by atoms with Crippen LogP contribution in [0.4, 0.5) is 0 Å². The monoisotopic (exact) mass is 1100 g/mol. The average Bonchev–Trinajstić information content (AvgIpc) is 3.48. The fraction of sp³-hybridized carbons (Fsp3) is 0. The Balaban J connectivity index is 0.000000162.